The van der Waals surface area contributed by atoms with Gasteiger partial charge in [-0.15, -0.1) is 0 Å². The molecular weight excluding hydrogens is 468 g/mol. The van der Waals surface area contributed by atoms with Crippen LogP contribution >= 0.6 is 15.6 Å². The van der Waals surface area contributed by atoms with E-state index in [0.717, 1.165) is 34.8 Å². The zero-order chi connectivity index (χ0) is 24.3. The van der Waals surface area contributed by atoms with Gasteiger partial charge in [-0.25, -0.2) is 9.13 Å². The number of phosphoric ester groups is 1. The Kier molecular flexibility index (Phi) is 10.5. The van der Waals surface area contributed by atoms with Gasteiger partial charge in [-0.3, -0.25) is 4.52 Å². The number of ether oxygens (including phenoxy) is 1. The molecular formula is C22H29NO8P2. The first-order valence-corrected chi connectivity index (χ1v) is 13.2. The van der Waals surface area contributed by atoms with Crippen LogP contribution in [-0.4, -0.2) is 27.8 Å². The maximum absolute atomic E-state index is 11.4. The molecule has 0 spiro atoms. The van der Waals surface area contributed by atoms with Gasteiger partial charge in [0.15, 0.2) is 0 Å². The van der Waals surface area contributed by atoms with Crippen molar-refractivity contribution in [3.05, 3.63) is 77.9 Å². The van der Waals surface area contributed by atoms with Crippen LogP contribution in [0.3, 0.4) is 0 Å². The quantitative estimate of drug-likeness (QED) is 0.200. The lowest BCUT2D eigenvalue weighted by Gasteiger charge is -2.11. The summed E-state index contributed by atoms with van der Waals surface area (Å²) in [6.45, 7) is 4.23. The molecule has 11 heteroatoms. The first-order valence-electron chi connectivity index (χ1n) is 10.1. The summed E-state index contributed by atoms with van der Waals surface area (Å²) < 4.78 is 36.0. The summed E-state index contributed by atoms with van der Waals surface area (Å²) in [6, 6.07) is 17.3. The molecule has 0 aromatic heterocycles. The zero-order valence-electron chi connectivity index (χ0n) is 18.5. The predicted octanol–water partition coefficient (Wildman–Crippen LogP) is 5.79. The molecule has 9 nitrogen and oxygen atoms in total. The Labute approximate surface area is 193 Å². The molecule has 0 heterocycles. The van der Waals surface area contributed by atoms with Crippen molar-refractivity contribution >= 4 is 21.3 Å². The summed E-state index contributed by atoms with van der Waals surface area (Å²) in [6.07, 6.45) is 5.11. The lowest BCUT2D eigenvalue weighted by Crippen LogP contribution is -2.02. The van der Waals surface area contributed by atoms with E-state index in [1.54, 1.807) is 6.08 Å². The highest BCUT2D eigenvalue weighted by Crippen LogP contribution is 2.57. The number of anilines is 1. The number of benzene rings is 2. The van der Waals surface area contributed by atoms with E-state index in [4.69, 9.17) is 14.5 Å². The molecule has 0 saturated carbocycles. The Morgan fingerprint density at radius 2 is 1.55 bits per heavy atom. The molecule has 2 rings (SSSR count). The first kappa shape index (κ1) is 27.0. The van der Waals surface area contributed by atoms with Crippen LogP contribution in [0.2, 0.25) is 0 Å². The standard InChI is InChI=1S/C22H29NO8P2/c1-18(15-16-29-33(27,28)31-32(24,25)26)7-6-8-19(2)17-23-20-11-13-22(14-12-20)30-21-9-4-3-5-10-21/h3-5,8-15,23H,6-7,16-17H2,1-2H3,(H,27,28)(H2,24,25,26)/b18-15+,19-8+. The van der Waals surface area contributed by atoms with Crippen molar-refractivity contribution in [1.29, 1.82) is 0 Å². The minimum atomic E-state index is -5.10. The van der Waals surface area contributed by atoms with Crippen molar-refractivity contribution in [2.75, 3.05) is 18.5 Å². The number of nitrogens with one attached hydrogen (secondary N) is 1. The molecule has 0 saturated heterocycles. The van der Waals surface area contributed by atoms with E-state index in [9.17, 15) is 14.0 Å². The first-order chi connectivity index (χ1) is 15.5. The topological polar surface area (TPSA) is 135 Å². The lowest BCUT2D eigenvalue weighted by molar-refractivity contribution is 0.191. The maximum Gasteiger partial charge on any atom is 0.481 e. The third-order valence-corrected chi connectivity index (χ3v) is 6.47. The second-order valence-corrected chi connectivity index (χ2v) is 10.1. The molecule has 0 aliphatic rings. The van der Waals surface area contributed by atoms with E-state index in [1.165, 1.54) is 0 Å². The minimum absolute atomic E-state index is 0.298. The minimum Gasteiger partial charge on any atom is -0.457 e. The Bertz CT molecular complexity index is 1030. The highest BCUT2D eigenvalue weighted by molar-refractivity contribution is 7.60. The number of hydrogen-bond acceptors (Lipinski definition) is 6. The van der Waals surface area contributed by atoms with Gasteiger partial charge in [0.2, 0.25) is 0 Å². The van der Waals surface area contributed by atoms with Gasteiger partial charge >= 0.3 is 15.6 Å². The number of rotatable bonds is 13. The normalized spacial score (nSPS) is 14.6. The molecule has 1 unspecified atom stereocenters. The molecule has 1 atom stereocenters. The highest BCUT2D eigenvalue weighted by Gasteiger charge is 2.31. The molecule has 0 radical (unpaired) electrons. The monoisotopic (exact) mass is 497 g/mol. The number of para-hydroxylation sites is 1. The van der Waals surface area contributed by atoms with E-state index in [2.05, 4.69) is 20.2 Å². The molecule has 0 aliphatic carbocycles. The van der Waals surface area contributed by atoms with Gasteiger partial charge in [0.25, 0.3) is 0 Å². The molecule has 0 amide bonds. The average Bonchev–Trinajstić information content (AvgIpc) is 2.72. The van der Waals surface area contributed by atoms with Crippen LogP contribution in [0.1, 0.15) is 26.7 Å². The van der Waals surface area contributed by atoms with Gasteiger partial charge in [0.05, 0.1) is 6.61 Å². The Morgan fingerprint density at radius 3 is 2.18 bits per heavy atom. The van der Waals surface area contributed by atoms with Crippen molar-refractivity contribution in [2.24, 2.45) is 0 Å². The van der Waals surface area contributed by atoms with E-state index >= 15 is 0 Å². The summed E-state index contributed by atoms with van der Waals surface area (Å²) in [5.74, 6) is 1.55. The number of phosphoric acid groups is 2. The molecule has 4 N–H and O–H groups in total. The second-order valence-electron chi connectivity index (χ2n) is 7.27. The Morgan fingerprint density at radius 1 is 0.909 bits per heavy atom. The molecule has 0 fully saturated rings. The van der Waals surface area contributed by atoms with Crippen molar-refractivity contribution in [1.82, 2.24) is 0 Å². The predicted molar refractivity (Wildman–Crippen MR) is 127 cm³/mol. The molecule has 33 heavy (non-hydrogen) atoms. The van der Waals surface area contributed by atoms with Crippen LogP contribution in [0, 0.1) is 0 Å². The SMILES string of the molecule is C/C(=C\COP(=O)(O)OP(=O)(O)O)CC/C=C(\C)CNc1ccc(Oc2ccccc2)cc1. The van der Waals surface area contributed by atoms with Crippen molar-refractivity contribution in [3.8, 4) is 11.5 Å². The van der Waals surface area contributed by atoms with E-state index in [-0.39, 0.29) is 6.61 Å². The Balaban J connectivity index is 1.70. The largest absolute Gasteiger partial charge is 0.481 e. The van der Waals surface area contributed by atoms with Crippen LogP contribution in [0.15, 0.2) is 77.9 Å². The van der Waals surface area contributed by atoms with Crippen LogP contribution in [0.4, 0.5) is 5.69 Å². The van der Waals surface area contributed by atoms with Gasteiger partial charge in [-0.05, 0) is 63.1 Å². The fourth-order valence-corrected chi connectivity index (χ4v) is 4.19. The zero-order valence-corrected chi connectivity index (χ0v) is 20.2. The van der Waals surface area contributed by atoms with Gasteiger partial charge in [0, 0.05) is 12.2 Å². The van der Waals surface area contributed by atoms with Gasteiger partial charge in [-0.2, -0.15) is 4.31 Å². The van der Waals surface area contributed by atoms with Crippen LogP contribution < -0.4 is 10.1 Å². The number of hydrogen-bond donors (Lipinski definition) is 4. The summed E-state index contributed by atoms with van der Waals surface area (Å²) in [4.78, 5) is 26.3. The Hall–Kier alpha value is -2.22. The van der Waals surface area contributed by atoms with Crippen molar-refractivity contribution < 1.29 is 37.4 Å². The summed E-state index contributed by atoms with van der Waals surface area (Å²) >= 11 is 0. The van der Waals surface area contributed by atoms with E-state index < -0.39 is 15.6 Å². The second kappa shape index (κ2) is 12.9. The fraction of sp³-hybridized carbons (Fsp3) is 0.273. The molecule has 0 aliphatic heterocycles. The third kappa shape index (κ3) is 12.0. The maximum atomic E-state index is 11.4. The molecule has 0 bridgehead atoms. The third-order valence-electron chi connectivity index (χ3n) is 4.32. The smallest absolute Gasteiger partial charge is 0.457 e. The summed E-state index contributed by atoms with van der Waals surface area (Å²) in [5.41, 5.74) is 3.03. The average molecular weight is 497 g/mol. The highest BCUT2D eigenvalue weighted by atomic mass is 31.3. The van der Waals surface area contributed by atoms with Gasteiger partial charge in [-0.1, -0.05) is 41.5 Å². The molecule has 2 aromatic rings. The van der Waals surface area contributed by atoms with Crippen molar-refractivity contribution in [2.45, 2.75) is 26.7 Å². The molecule has 180 valence electrons. The van der Waals surface area contributed by atoms with E-state index in [1.807, 2.05) is 68.4 Å². The van der Waals surface area contributed by atoms with Crippen LogP contribution in [0.25, 0.3) is 0 Å². The van der Waals surface area contributed by atoms with Crippen molar-refractivity contribution in [3.63, 3.8) is 0 Å². The summed E-state index contributed by atoms with van der Waals surface area (Å²) in [7, 11) is -9.91. The summed E-state index contributed by atoms with van der Waals surface area (Å²) in [5, 5.41) is 3.35. The van der Waals surface area contributed by atoms with Crippen LogP contribution in [0.5, 0.6) is 11.5 Å². The fourth-order valence-electron chi connectivity index (χ4n) is 2.66. The van der Waals surface area contributed by atoms with Gasteiger partial charge < -0.3 is 24.7 Å². The van der Waals surface area contributed by atoms with Crippen LogP contribution in [-0.2, 0) is 18.0 Å². The van der Waals surface area contributed by atoms with E-state index in [0.29, 0.717) is 13.0 Å². The lowest BCUT2D eigenvalue weighted by atomic mass is 10.1. The number of allylic oxidation sites excluding steroid dienone is 2. The molecule has 2 aromatic carbocycles. The van der Waals surface area contributed by atoms with Gasteiger partial charge in [0.1, 0.15) is 11.5 Å².